The smallest absolute Gasteiger partial charge is 0.0374 e. The Morgan fingerprint density at radius 2 is 1.50 bits per heavy atom. The molecular weight excluding hydrogens is 259 g/mol. The van der Waals surface area contributed by atoms with Crippen molar-refractivity contribution in [2.75, 3.05) is 19.0 Å². The molecule has 84 valence electrons. The second kappa shape index (κ2) is 7.67. The van der Waals surface area contributed by atoms with Gasteiger partial charge >= 0.3 is 0 Å². The summed E-state index contributed by atoms with van der Waals surface area (Å²) in [6.45, 7) is 2.09. The number of halogens is 4. The molecule has 0 aromatic heterocycles. The molecule has 14 heavy (non-hydrogen) atoms. The van der Waals surface area contributed by atoms with Crippen LogP contribution in [0.25, 0.3) is 0 Å². The Morgan fingerprint density at radius 3 is 1.86 bits per heavy atom. The van der Waals surface area contributed by atoms with Crippen molar-refractivity contribution < 1.29 is 14.1 Å². The summed E-state index contributed by atoms with van der Waals surface area (Å²) in [6, 6.07) is 6.37. The Kier molecular flexibility index (Phi) is 10.4. The molecule has 0 N–H and O–H groups in total. The van der Waals surface area contributed by atoms with Gasteiger partial charge in [0.1, 0.15) is 0 Å². The molecule has 0 radical (unpaired) electrons. The van der Waals surface area contributed by atoms with E-state index in [2.05, 4.69) is 46.0 Å². The fourth-order valence-electron chi connectivity index (χ4n) is 0.975. The molecule has 0 saturated heterocycles. The molecule has 0 spiro atoms. The van der Waals surface area contributed by atoms with E-state index in [0.717, 1.165) is 4.47 Å². The highest BCUT2D eigenvalue weighted by Gasteiger charge is 1.96. The summed E-state index contributed by atoms with van der Waals surface area (Å²) in [7, 11) is 4.09. The van der Waals surface area contributed by atoms with E-state index in [-0.39, 0.29) is 14.1 Å². The van der Waals surface area contributed by atoms with Crippen LogP contribution in [0.3, 0.4) is 0 Å². The maximum absolute atomic E-state index is 3.45. The molecule has 0 aliphatic heterocycles. The Hall–Kier alpha value is -0.710. The first-order valence-corrected chi connectivity index (χ1v) is 4.33. The van der Waals surface area contributed by atoms with Gasteiger partial charge in [-0.25, -0.2) is 0 Å². The minimum absolute atomic E-state index is 0. The normalized spacial score (nSPS) is 7.71. The summed E-state index contributed by atoms with van der Waals surface area (Å²) in [4.78, 5) is 2.09. The number of anilines is 1. The number of aryl methyl sites for hydroxylation is 1. The fourth-order valence-corrected chi connectivity index (χ4v) is 1.57. The first-order valence-electron chi connectivity index (χ1n) is 3.54. The summed E-state index contributed by atoms with van der Waals surface area (Å²) in [5.74, 6) is 0. The van der Waals surface area contributed by atoms with Gasteiger partial charge in [-0.1, -0.05) is 15.9 Å². The Balaban J connectivity index is -0.000000403. The monoisotopic (exact) mass is 273 g/mol. The maximum atomic E-state index is 3.45. The molecule has 0 bridgehead atoms. The largest absolute Gasteiger partial charge is 0.378 e. The van der Waals surface area contributed by atoms with Crippen molar-refractivity contribution in [3.63, 3.8) is 0 Å². The second-order valence-electron chi connectivity index (χ2n) is 2.88. The van der Waals surface area contributed by atoms with Gasteiger partial charge in [0.2, 0.25) is 0 Å². The van der Waals surface area contributed by atoms with Gasteiger partial charge in [0, 0.05) is 24.3 Å². The van der Waals surface area contributed by atoms with Crippen molar-refractivity contribution >= 4 is 21.6 Å². The zero-order valence-corrected chi connectivity index (χ0v) is 9.87. The van der Waals surface area contributed by atoms with Gasteiger partial charge in [0.25, 0.3) is 0 Å². The highest BCUT2D eigenvalue weighted by Crippen LogP contribution is 2.20. The van der Waals surface area contributed by atoms with Crippen LogP contribution >= 0.6 is 15.9 Å². The predicted molar refractivity (Wildman–Crippen MR) is 60.7 cm³/mol. The highest BCUT2D eigenvalue weighted by molar-refractivity contribution is 9.10. The third-order valence-electron chi connectivity index (χ3n) is 1.54. The fraction of sp³-hybridized carbons (Fsp3) is 0.333. The van der Waals surface area contributed by atoms with E-state index in [1.54, 1.807) is 0 Å². The summed E-state index contributed by atoms with van der Waals surface area (Å²) >= 11 is 3.45. The number of hydrogen-bond acceptors (Lipinski definition) is 1. The van der Waals surface area contributed by atoms with Crippen LogP contribution in [0.1, 0.15) is 5.56 Å². The van der Waals surface area contributed by atoms with Crippen LogP contribution in [-0.2, 0) is 0 Å². The minimum Gasteiger partial charge on any atom is -0.378 e. The zero-order valence-electron chi connectivity index (χ0n) is 8.28. The van der Waals surface area contributed by atoms with Gasteiger partial charge in [0.05, 0.1) is 0 Å². The standard InChI is InChI=1S/C9H12BrN.3FH/c1-7-4-8(10)6-9(5-7)11(2)3;;;/h4-6H,1-3H3;3*1H. The quantitative estimate of drug-likeness (QED) is 0.759. The topological polar surface area (TPSA) is 3.24 Å². The van der Waals surface area contributed by atoms with Gasteiger partial charge in [-0.15, -0.1) is 0 Å². The molecule has 0 atom stereocenters. The Labute approximate surface area is 90.3 Å². The summed E-state index contributed by atoms with van der Waals surface area (Å²) < 4.78 is 1.14. The second-order valence-corrected chi connectivity index (χ2v) is 3.80. The molecule has 1 aromatic carbocycles. The van der Waals surface area contributed by atoms with Crippen molar-refractivity contribution in [2.24, 2.45) is 0 Å². The lowest BCUT2D eigenvalue weighted by atomic mass is 10.2. The first kappa shape index (κ1) is 19.0. The molecule has 1 rings (SSSR count). The van der Waals surface area contributed by atoms with Gasteiger partial charge in [0.15, 0.2) is 0 Å². The van der Waals surface area contributed by atoms with Crippen molar-refractivity contribution in [2.45, 2.75) is 6.92 Å². The van der Waals surface area contributed by atoms with Gasteiger partial charge in [-0.3, -0.25) is 14.1 Å². The van der Waals surface area contributed by atoms with Gasteiger partial charge in [-0.2, -0.15) is 0 Å². The zero-order chi connectivity index (χ0) is 8.43. The summed E-state index contributed by atoms with van der Waals surface area (Å²) in [5.41, 5.74) is 2.51. The Bertz CT molecular complexity index is 246. The third-order valence-corrected chi connectivity index (χ3v) is 2.00. The molecule has 0 saturated carbocycles. The molecule has 1 nitrogen and oxygen atoms in total. The predicted octanol–water partition coefficient (Wildman–Crippen LogP) is 3.28. The van der Waals surface area contributed by atoms with Gasteiger partial charge in [-0.05, 0) is 30.7 Å². The lowest BCUT2D eigenvalue weighted by Crippen LogP contribution is -2.08. The number of benzene rings is 1. The molecular formula is C9H15BrF3N. The van der Waals surface area contributed by atoms with Crippen LogP contribution in [0.5, 0.6) is 0 Å². The lowest BCUT2D eigenvalue weighted by Gasteiger charge is -2.13. The number of rotatable bonds is 1. The molecule has 0 aliphatic carbocycles. The van der Waals surface area contributed by atoms with Crippen LogP contribution in [0.4, 0.5) is 19.8 Å². The van der Waals surface area contributed by atoms with E-state index in [1.807, 2.05) is 14.1 Å². The molecule has 0 aliphatic rings. The molecule has 0 heterocycles. The molecule has 5 heteroatoms. The van der Waals surface area contributed by atoms with Crippen molar-refractivity contribution in [3.05, 3.63) is 28.2 Å². The van der Waals surface area contributed by atoms with Crippen LogP contribution in [0.15, 0.2) is 22.7 Å². The van der Waals surface area contributed by atoms with Crippen LogP contribution in [-0.4, -0.2) is 14.1 Å². The van der Waals surface area contributed by atoms with E-state index >= 15 is 0 Å². The van der Waals surface area contributed by atoms with Crippen molar-refractivity contribution in [3.8, 4) is 0 Å². The van der Waals surface area contributed by atoms with E-state index in [1.165, 1.54) is 11.3 Å². The van der Waals surface area contributed by atoms with Gasteiger partial charge < -0.3 is 4.90 Å². The van der Waals surface area contributed by atoms with Crippen molar-refractivity contribution in [1.29, 1.82) is 0 Å². The van der Waals surface area contributed by atoms with Crippen molar-refractivity contribution in [1.82, 2.24) is 0 Å². The lowest BCUT2D eigenvalue weighted by molar-refractivity contribution is 1.11. The molecule has 0 fully saturated rings. The molecule has 0 amide bonds. The summed E-state index contributed by atoms with van der Waals surface area (Å²) in [6.07, 6.45) is 0. The molecule has 0 unspecified atom stereocenters. The van der Waals surface area contributed by atoms with E-state index in [9.17, 15) is 0 Å². The van der Waals surface area contributed by atoms with Crippen LogP contribution in [0, 0.1) is 6.92 Å². The average molecular weight is 274 g/mol. The Morgan fingerprint density at radius 1 is 1.00 bits per heavy atom. The SMILES string of the molecule is Cc1cc(Br)cc(N(C)C)c1.F.F.F. The number of hydrogen-bond donors (Lipinski definition) is 0. The third kappa shape index (κ3) is 5.11. The van der Waals surface area contributed by atoms with Crippen LogP contribution < -0.4 is 4.90 Å². The minimum atomic E-state index is 0. The molecule has 1 aromatic rings. The van der Waals surface area contributed by atoms with Crippen LogP contribution in [0.2, 0.25) is 0 Å². The van der Waals surface area contributed by atoms with E-state index in [0.29, 0.717) is 0 Å². The maximum Gasteiger partial charge on any atom is 0.0374 e. The van der Waals surface area contributed by atoms with E-state index in [4.69, 9.17) is 0 Å². The first-order chi connectivity index (χ1) is 5.09. The average Bonchev–Trinajstić information content (AvgIpc) is 1.85. The number of nitrogens with zero attached hydrogens (tertiary/aromatic N) is 1. The van der Waals surface area contributed by atoms with E-state index < -0.39 is 0 Å². The highest BCUT2D eigenvalue weighted by atomic mass is 79.9. The summed E-state index contributed by atoms with van der Waals surface area (Å²) in [5, 5.41) is 0.